The molecular weight excluding hydrogens is 418 g/mol. The number of carbonyl (C=O) groups excluding carboxylic acids is 4. The highest BCUT2D eigenvalue weighted by Crippen LogP contribution is 2.29. The van der Waals surface area contributed by atoms with Gasteiger partial charge in [-0.3, -0.25) is 14.9 Å². The molecule has 0 heterocycles. The lowest BCUT2D eigenvalue weighted by molar-refractivity contribution is -0.126. The number of ether oxygens (including phenoxy) is 1. The highest BCUT2D eigenvalue weighted by Gasteiger charge is 2.28. The summed E-state index contributed by atoms with van der Waals surface area (Å²) in [6.45, 7) is 3.69. The average Bonchev–Trinajstić information content (AvgIpc) is 2.73. The summed E-state index contributed by atoms with van der Waals surface area (Å²) in [7, 11) is 3.32. The van der Waals surface area contributed by atoms with Gasteiger partial charge in [-0.15, -0.1) is 11.8 Å². The lowest BCUT2D eigenvalue weighted by Gasteiger charge is -2.34. The van der Waals surface area contributed by atoms with Gasteiger partial charge in [-0.05, 0) is 30.4 Å². The number of nitrogens with one attached hydrogen (secondary N) is 2. The summed E-state index contributed by atoms with van der Waals surface area (Å²) in [6.07, 6.45) is 3.06. The van der Waals surface area contributed by atoms with Crippen LogP contribution in [0.3, 0.4) is 0 Å². The van der Waals surface area contributed by atoms with Crippen LogP contribution in [-0.2, 0) is 14.3 Å². The van der Waals surface area contributed by atoms with Gasteiger partial charge in [0.15, 0.2) is 6.61 Å². The van der Waals surface area contributed by atoms with Crippen molar-refractivity contribution in [1.82, 2.24) is 15.5 Å². The molecule has 1 saturated carbocycles. The van der Waals surface area contributed by atoms with E-state index in [1.54, 1.807) is 38.4 Å². The van der Waals surface area contributed by atoms with E-state index in [1.165, 1.54) is 16.7 Å². The summed E-state index contributed by atoms with van der Waals surface area (Å²) >= 11 is 1.22. The van der Waals surface area contributed by atoms with E-state index in [1.807, 2.05) is 0 Å². The van der Waals surface area contributed by atoms with Crippen LogP contribution in [0.25, 0.3) is 0 Å². The Labute approximate surface area is 187 Å². The standard InChI is InChI=1S/C22H31N3O5S/c1-14-8-7-10-17(15(14)2)23-22(29)24-19(26)12-30-21(28)16-9-5-6-11-18(16)31-13-20(27)25(3)4/h5-6,9,11,14-15,17H,7-8,10,12-13H2,1-4H3,(H2,23,24,26,29)/t14-,15-,17+/m1/s1. The summed E-state index contributed by atoms with van der Waals surface area (Å²) in [6, 6.07) is 6.15. The summed E-state index contributed by atoms with van der Waals surface area (Å²) in [5, 5.41) is 5.06. The number of hydrogen-bond donors (Lipinski definition) is 2. The molecule has 0 unspecified atom stereocenters. The van der Waals surface area contributed by atoms with Crippen LogP contribution in [0.4, 0.5) is 4.79 Å². The Hall–Kier alpha value is -2.55. The third-order valence-electron chi connectivity index (χ3n) is 5.57. The molecule has 4 amide bonds. The summed E-state index contributed by atoms with van der Waals surface area (Å²) in [5.41, 5.74) is 0.265. The molecule has 8 nitrogen and oxygen atoms in total. The molecule has 0 aromatic heterocycles. The highest BCUT2D eigenvalue weighted by molar-refractivity contribution is 8.00. The fourth-order valence-electron chi connectivity index (χ4n) is 3.39. The molecule has 1 aromatic rings. The maximum Gasteiger partial charge on any atom is 0.339 e. The van der Waals surface area contributed by atoms with E-state index in [2.05, 4.69) is 24.5 Å². The molecule has 3 atom stereocenters. The van der Waals surface area contributed by atoms with Gasteiger partial charge >= 0.3 is 12.0 Å². The fraction of sp³-hybridized carbons (Fsp3) is 0.545. The van der Waals surface area contributed by atoms with Gasteiger partial charge in [0, 0.05) is 25.0 Å². The molecule has 1 aliphatic rings. The Morgan fingerprint density at radius 1 is 1.13 bits per heavy atom. The van der Waals surface area contributed by atoms with E-state index in [0.717, 1.165) is 19.3 Å². The second-order valence-corrected chi connectivity index (χ2v) is 9.06. The molecular formula is C22H31N3O5S. The largest absolute Gasteiger partial charge is 0.452 e. The number of imide groups is 1. The fourth-order valence-corrected chi connectivity index (χ4v) is 4.41. The van der Waals surface area contributed by atoms with Gasteiger partial charge in [-0.2, -0.15) is 0 Å². The Balaban J connectivity index is 1.83. The minimum absolute atomic E-state index is 0.0212. The highest BCUT2D eigenvalue weighted by atomic mass is 32.2. The lowest BCUT2D eigenvalue weighted by atomic mass is 9.78. The van der Waals surface area contributed by atoms with Crippen LogP contribution >= 0.6 is 11.8 Å². The molecule has 0 bridgehead atoms. The predicted octanol–water partition coefficient (Wildman–Crippen LogP) is 2.67. The Kier molecular flexibility index (Phi) is 9.36. The van der Waals surface area contributed by atoms with Gasteiger partial charge in [-0.1, -0.05) is 38.8 Å². The number of nitrogens with zero attached hydrogens (tertiary/aromatic N) is 1. The molecule has 2 N–H and O–H groups in total. The molecule has 0 aliphatic heterocycles. The number of benzene rings is 1. The zero-order chi connectivity index (χ0) is 23.0. The summed E-state index contributed by atoms with van der Waals surface area (Å²) < 4.78 is 5.07. The monoisotopic (exact) mass is 449 g/mol. The summed E-state index contributed by atoms with van der Waals surface area (Å²) in [4.78, 5) is 50.4. The second kappa shape index (κ2) is 11.7. The Morgan fingerprint density at radius 2 is 1.84 bits per heavy atom. The van der Waals surface area contributed by atoms with E-state index in [9.17, 15) is 19.2 Å². The maximum absolute atomic E-state index is 12.4. The first-order chi connectivity index (χ1) is 14.7. The van der Waals surface area contributed by atoms with Gasteiger partial charge in [0.2, 0.25) is 5.91 Å². The predicted molar refractivity (Wildman–Crippen MR) is 119 cm³/mol. The number of rotatable bonds is 7. The number of urea groups is 1. The van der Waals surface area contributed by atoms with Gasteiger partial charge < -0.3 is 15.0 Å². The molecule has 9 heteroatoms. The second-order valence-electron chi connectivity index (χ2n) is 8.04. The van der Waals surface area contributed by atoms with Gasteiger partial charge in [0.1, 0.15) is 0 Å². The third kappa shape index (κ3) is 7.57. The molecule has 1 aliphatic carbocycles. The van der Waals surface area contributed by atoms with E-state index in [4.69, 9.17) is 4.74 Å². The summed E-state index contributed by atoms with van der Waals surface area (Å²) in [5.74, 6) is -0.445. The third-order valence-corrected chi connectivity index (χ3v) is 6.63. The Bertz CT molecular complexity index is 814. The van der Waals surface area contributed by atoms with Crippen LogP contribution < -0.4 is 10.6 Å². The molecule has 0 spiro atoms. The molecule has 31 heavy (non-hydrogen) atoms. The molecule has 1 aromatic carbocycles. The van der Waals surface area contributed by atoms with Gasteiger partial charge in [0.25, 0.3) is 5.91 Å². The van der Waals surface area contributed by atoms with E-state index in [-0.39, 0.29) is 23.3 Å². The van der Waals surface area contributed by atoms with Gasteiger partial charge in [0.05, 0.1) is 11.3 Å². The van der Waals surface area contributed by atoms with Crippen molar-refractivity contribution in [3.63, 3.8) is 0 Å². The zero-order valence-corrected chi connectivity index (χ0v) is 19.3. The molecule has 0 saturated heterocycles. The van der Waals surface area contributed by atoms with Crippen LogP contribution in [0.15, 0.2) is 29.2 Å². The molecule has 0 radical (unpaired) electrons. The number of hydrogen-bond acceptors (Lipinski definition) is 6. The van der Waals surface area contributed by atoms with Crippen LogP contribution in [0.1, 0.15) is 43.5 Å². The van der Waals surface area contributed by atoms with E-state index < -0.39 is 24.5 Å². The SMILES string of the molecule is C[C@@H]1[C@H](C)CCC[C@@H]1NC(=O)NC(=O)COC(=O)c1ccccc1SCC(=O)N(C)C. The van der Waals surface area contributed by atoms with Crippen molar-refractivity contribution in [2.24, 2.45) is 11.8 Å². The van der Waals surface area contributed by atoms with Crippen molar-refractivity contribution in [1.29, 1.82) is 0 Å². The van der Waals surface area contributed by atoms with Crippen molar-refractivity contribution in [2.75, 3.05) is 26.5 Å². The van der Waals surface area contributed by atoms with Crippen molar-refractivity contribution in [2.45, 2.75) is 44.0 Å². The van der Waals surface area contributed by atoms with Crippen molar-refractivity contribution in [3.8, 4) is 0 Å². The minimum Gasteiger partial charge on any atom is -0.452 e. The Morgan fingerprint density at radius 3 is 2.55 bits per heavy atom. The topological polar surface area (TPSA) is 105 Å². The maximum atomic E-state index is 12.4. The van der Waals surface area contributed by atoms with Gasteiger partial charge in [-0.25, -0.2) is 9.59 Å². The number of carbonyl (C=O) groups is 4. The number of thioether (sulfide) groups is 1. The zero-order valence-electron chi connectivity index (χ0n) is 18.5. The lowest BCUT2D eigenvalue weighted by Crippen LogP contribution is -2.49. The smallest absolute Gasteiger partial charge is 0.339 e. The van der Waals surface area contributed by atoms with E-state index in [0.29, 0.717) is 16.7 Å². The first-order valence-corrected chi connectivity index (χ1v) is 11.4. The molecule has 2 rings (SSSR count). The van der Waals surface area contributed by atoms with E-state index >= 15 is 0 Å². The van der Waals surface area contributed by atoms with Crippen LogP contribution in [0.5, 0.6) is 0 Å². The minimum atomic E-state index is -0.699. The number of esters is 1. The van der Waals surface area contributed by atoms with Crippen molar-refractivity contribution >= 4 is 35.6 Å². The quantitative estimate of drug-likeness (QED) is 0.490. The molecule has 170 valence electrons. The number of amides is 4. The first kappa shape index (κ1) is 24.7. The average molecular weight is 450 g/mol. The van der Waals surface area contributed by atoms with Crippen LogP contribution in [-0.4, -0.2) is 61.2 Å². The van der Waals surface area contributed by atoms with Crippen LogP contribution in [0, 0.1) is 11.8 Å². The van der Waals surface area contributed by atoms with Crippen molar-refractivity contribution < 1.29 is 23.9 Å². The molecule has 1 fully saturated rings. The van der Waals surface area contributed by atoms with Crippen LogP contribution in [0.2, 0.25) is 0 Å². The normalized spacial score (nSPS) is 20.5. The first-order valence-electron chi connectivity index (χ1n) is 10.4. The van der Waals surface area contributed by atoms with Crippen molar-refractivity contribution in [3.05, 3.63) is 29.8 Å².